The van der Waals surface area contributed by atoms with E-state index in [2.05, 4.69) is 4.98 Å². The summed E-state index contributed by atoms with van der Waals surface area (Å²) in [5, 5.41) is 0. The zero-order chi connectivity index (χ0) is 10.2. The van der Waals surface area contributed by atoms with Crippen LogP contribution in [0.2, 0.25) is 0 Å². The number of aryl methyl sites for hydroxylation is 1. The number of nitrogens with one attached hydrogen (secondary N) is 1. The van der Waals surface area contributed by atoms with Gasteiger partial charge in [-0.25, -0.2) is 0 Å². The molecule has 0 bridgehead atoms. The van der Waals surface area contributed by atoms with Gasteiger partial charge in [-0.3, -0.25) is 4.79 Å². The minimum Gasteiger partial charge on any atom is -0.327 e. The molecule has 0 aliphatic rings. The van der Waals surface area contributed by atoms with Crippen LogP contribution in [0.25, 0.3) is 0 Å². The Morgan fingerprint density at radius 2 is 1.77 bits per heavy atom. The van der Waals surface area contributed by atoms with Crippen LogP contribution in [0, 0.1) is 6.92 Å². The van der Waals surface area contributed by atoms with Crippen LogP contribution in [0.4, 0.5) is 0 Å². The molecule has 1 heterocycles. The van der Waals surface area contributed by atoms with Crippen LogP contribution in [0.3, 0.4) is 0 Å². The van der Waals surface area contributed by atoms with Crippen LogP contribution in [-0.4, -0.2) is 20.7 Å². The summed E-state index contributed by atoms with van der Waals surface area (Å²) in [6.07, 6.45) is 0. The SMILES string of the molecule is [B]c1c(C)[nH]c(=O)c(C(C)C)c1[B]. The second kappa shape index (κ2) is 3.44. The van der Waals surface area contributed by atoms with Crippen molar-refractivity contribution in [3.63, 3.8) is 0 Å². The van der Waals surface area contributed by atoms with E-state index in [0.29, 0.717) is 22.2 Å². The number of H-pyrrole nitrogens is 1. The molecule has 1 rings (SSSR count). The highest BCUT2D eigenvalue weighted by Gasteiger charge is 2.10. The van der Waals surface area contributed by atoms with E-state index >= 15 is 0 Å². The van der Waals surface area contributed by atoms with Gasteiger partial charge in [0.05, 0.1) is 0 Å². The molecule has 1 aromatic rings. The first kappa shape index (κ1) is 10.2. The Kier molecular flexibility index (Phi) is 2.69. The molecule has 0 aliphatic carbocycles. The van der Waals surface area contributed by atoms with Crippen molar-refractivity contribution in [2.24, 2.45) is 0 Å². The highest BCUT2D eigenvalue weighted by Crippen LogP contribution is 2.04. The number of hydrogen-bond acceptors (Lipinski definition) is 1. The van der Waals surface area contributed by atoms with Crippen LogP contribution < -0.4 is 16.5 Å². The van der Waals surface area contributed by atoms with Crippen LogP contribution in [0.1, 0.15) is 31.0 Å². The Balaban J connectivity index is 3.54. The van der Waals surface area contributed by atoms with Gasteiger partial charge in [-0.05, 0) is 12.8 Å². The smallest absolute Gasteiger partial charge is 0.250 e. The van der Waals surface area contributed by atoms with Crippen LogP contribution in [-0.2, 0) is 0 Å². The molecule has 64 valence electrons. The van der Waals surface area contributed by atoms with Gasteiger partial charge in [0.25, 0.3) is 5.56 Å². The summed E-state index contributed by atoms with van der Waals surface area (Å²) in [4.78, 5) is 14.1. The van der Waals surface area contributed by atoms with Gasteiger partial charge < -0.3 is 4.98 Å². The summed E-state index contributed by atoms with van der Waals surface area (Å²) >= 11 is 0. The predicted molar refractivity (Wildman–Crippen MR) is 56.7 cm³/mol. The van der Waals surface area contributed by atoms with Crippen molar-refractivity contribution < 1.29 is 0 Å². The van der Waals surface area contributed by atoms with E-state index in [1.54, 1.807) is 6.92 Å². The van der Waals surface area contributed by atoms with Crippen molar-refractivity contribution in [1.29, 1.82) is 0 Å². The molecular formula is C9H11B2NO. The summed E-state index contributed by atoms with van der Waals surface area (Å²) in [6.45, 7) is 5.56. The Morgan fingerprint density at radius 1 is 1.23 bits per heavy atom. The molecule has 13 heavy (non-hydrogen) atoms. The fourth-order valence-electron chi connectivity index (χ4n) is 1.35. The molecule has 0 aliphatic heterocycles. The Labute approximate surface area is 80.6 Å². The molecule has 0 fully saturated rings. The summed E-state index contributed by atoms with van der Waals surface area (Å²) in [7, 11) is 11.4. The van der Waals surface area contributed by atoms with Gasteiger partial charge in [0.1, 0.15) is 15.7 Å². The minimum absolute atomic E-state index is 0.0895. The largest absolute Gasteiger partial charge is 0.327 e. The maximum atomic E-state index is 11.5. The molecule has 1 aromatic heterocycles. The van der Waals surface area contributed by atoms with E-state index in [4.69, 9.17) is 15.7 Å². The number of aromatic amines is 1. The van der Waals surface area contributed by atoms with Crippen molar-refractivity contribution in [2.45, 2.75) is 26.7 Å². The molecule has 0 amide bonds. The zero-order valence-corrected chi connectivity index (χ0v) is 8.14. The average Bonchev–Trinajstić information content (AvgIpc) is 1.99. The lowest BCUT2D eigenvalue weighted by Crippen LogP contribution is -2.39. The van der Waals surface area contributed by atoms with Gasteiger partial charge in [-0.2, -0.15) is 0 Å². The highest BCUT2D eigenvalue weighted by molar-refractivity contribution is 6.49. The Morgan fingerprint density at radius 3 is 2.23 bits per heavy atom. The van der Waals surface area contributed by atoms with E-state index in [0.717, 1.165) is 0 Å². The van der Waals surface area contributed by atoms with E-state index in [1.807, 2.05) is 13.8 Å². The molecule has 0 saturated carbocycles. The van der Waals surface area contributed by atoms with Crippen molar-refractivity contribution >= 4 is 26.6 Å². The Bertz CT molecular complexity index is 382. The maximum Gasteiger partial charge on any atom is 0.250 e. The first-order valence-corrected chi connectivity index (χ1v) is 4.22. The van der Waals surface area contributed by atoms with Gasteiger partial charge in [-0.15, -0.1) is 0 Å². The highest BCUT2D eigenvalue weighted by atomic mass is 16.1. The Hall–Kier alpha value is -0.920. The normalized spacial score (nSPS) is 10.8. The lowest BCUT2D eigenvalue weighted by molar-refractivity contribution is 0.850. The van der Waals surface area contributed by atoms with Crippen molar-refractivity contribution in [2.75, 3.05) is 0 Å². The lowest BCUT2D eigenvalue weighted by atomic mass is 9.75. The quantitative estimate of drug-likeness (QED) is 0.561. The van der Waals surface area contributed by atoms with Gasteiger partial charge in [0.15, 0.2) is 0 Å². The molecule has 0 spiro atoms. The number of aromatic nitrogens is 1. The van der Waals surface area contributed by atoms with E-state index in [1.165, 1.54) is 0 Å². The third kappa shape index (κ3) is 1.71. The number of hydrogen-bond donors (Lipinski definition) is 1. The van der Waals surface area contributed by atoms with Crippen LogP contribution in [0.5, 0.6) is 0 Å². The molecule has 0 saturated heterocycles. The van der Waals surface area contributed by atoms with Gasteiger partial charge in [0, 0.05) is 11.3 Å². The number of pyridine rings is 1. The zero-order valence-electron chi connectivity index (χ0n) is 8.14. The van der Waals surface area contributed by atoms with Crippen LogP contribution in [0.15, 0.2) is 4.79 Å². The van der Waals surface area contributed by atoms with Crippen LogP contribution >= 0.6 is 0 Å². The molecule has 0 aromatic carbocycles. The summed E-state index contributed by atoms with van der Waals surface area (Å²) < 4.78 is 0. The first-order chi connectivity index (χ1) is 5.95. The van der Waals surface area contributed by atoms with E-state index < -0.39 is 0 Å². The second-order valence-electron chi connectivity index (χ2n) is 3.47. The first-order valence-electron chi connectivity index (χ1n) is 4.22. The predicted octanol–water partition coefficient (Wildman–Crippen LogP) is -0.606. The third-order valence-electron chi connectivity index (χ3n) is 2.11. The third-order valence-corrected chi connectivity index (χ3v) is 2.11. The lowest BCUT2D eigenvalue weighted by Gasteiger charge is -2.13. The monoisotopic (exact) mass is 171 g/mol. The fourth-order valence-corrected chi connectivity index (χ4v) is 1.35. The molecule has 0 atom stereocenters. The van der Waals surface area contributed by atoms with Gasteiger partial charge in [0.2, 0.25) is 0 Å². The maximum absolute atomic E-state index is 11.5. The summed E-state index contributed by atoms with van der Waals surface area (Å²) in [5.41, 5.74) is 1.95. The molecule has 4 heteroatoms. The van der Waals surface area contributed by atoms with Gasteiger partial charge >= 0.3 is 0 Å². The standard InChI is InChI=1S/C9H11B2NO/c1-4(2)6-8(11)7(10)5(3)12-9(6)13/h4H,1-3H3,(H,12,13). The van der Waals surface area contributed by atoms with Crippen molar-refractivity contribution in [3.05, 3.63) is 21.6 Å². The molecule has 0 unspecified atom stereocenters. The molecular weight excluding hydrogens is 160 g/mol. The van der Waals surface area contributed by atoms with Crippen molar-refractivity contribution in [3.8, 4) is 0 Å². The molecule has 4 radical (unpaired) electrons. The summed E-state index contributed by atoms with van der Waals surface area (Å²) in [6, 6.07) is 0. The molecule has 1 N–H and O–H groups in total. The average molecular weight is 171 g/mol. The molecule has 2 nitrogen and oxygen atoms in total. The van der Waals surface area contributed by atoms with E-state index in [-0.39, 0.29) is 11.5 Å². The van der Waals surface area contributed by atoms with Crippen molar-refractivity contribution in [1.82, 2.24) is 4.98 Å². The van der Waals surface area contributed by atoms with E-state index in [9.17, 15) is 4.79 Å². The fraction of sp³-hybridized carbons (Fsp3) is 0.444. The number of rotatable bonds is 1. The van der Waals surface area contributed by atoms with Gasteiger partial charge in [-0.1, -0.05) is 24.8 Å². The second-order valence-corrected chi connectivity index (χ2v) is 3.47. The minimum atomic E-state index is -0.140. The summed E-state index contributed by atoms with van der Waals surface area (Å²) in [5.74, 6) is 0.0895. The topological polar surface area (TPSA) is 32.9 Å².